The molecule has 0 saturated carbocycles. The number of benzene rings is 3. The Balaban J connectivity index is 1.69. The number of furan rings is 1. The van der Waals surface area contributed by atoms with Gasteiger partial charge >= 0.3 is 0 Å². The van der Waals surface area contributed by atoms with Crippen LogP contribution in [0.4, 0.5) is 5.69 Å². The first-order valence-electron chi connectivity index (χ1n) is 10.2. The molecule has 1 aliphatic rings. The van der Waals surface area contributed by atoms with Gasteiger partial charge in [-0.3, -0.25) is 14.5 Å². The zero-order valence-corrected chi connectivity index (χ0v) is 18.9. The van der Waals surface area contributed by atoms with Crippen molar-refractivity contribution in [2.24, 2.45) is 0 Å². The molecular weight excluding hydrogens is 461 g/mol. The van der Waals surface area contributed by atoms with Crippen molar-refractivity contribution >= 4 is 51.5 Å². The number of nitrogens with zero attached hydrogens (tertiary/aromatic N) is 1. The molecular formula is C26H17Cl2NO4. The smallest absolute Gasteiger partial charge is 0.294 e. The van der Waals surface area contributed by atoms with E-state index in [-0.39, 0.29) is 16.4 Å². The topological polar surface area (TPSA) is 70.8 Å². The van der Waals surface area contributed by atoms with Gasteiger partial charge < -0.3 is 9.52 Å². The van der Waals surface area contributed by atoms with E-state index in [1.807, 2.05) is 31.2 Å². The normalized spacial score (nSPS) is 16.2. The highest BCUT2D eigenvalue weighted by Crippen LogP contribution is 2.43. The van der Waals surface area contributed by atoms with Gasteiger partial charge in [-0.1, -0.05) is 59.6 Å². The van der Waals surface area contributed by atoms with Crippen molar-refractivity contribution < 1.29 is 19.1 Å². The second-order valence-corrected chi connectivity index (χ2v) is 8.64. The standard InChI is InChI=1S/C26H17Cl2NO4/c1-14-5-4-7-17(11-14)29-23(16-9-10-18(27)19(28)12-16)22(25(31)26(29)32)24(30)21-13-15-6-2-3-8-20(15)33-21/h2-13,23,31H,1H3. The predicted octanol–water partition coefficient (Wildman–Crippen LogP) is 6.83. The molecule has 3 aromatic carbocycles. The van der Waals surface area contributed by atoms with Gasteiger partial charge in [0.1, 0.15) is 5.58 Å². The molecule has 0 spiro atoms. The predicted molar refractivity (Wildman–Crippen MR) is 128 cm³/mol. The lowest BCUT2D eigenvalue weighted by molar-refractivity contribution is -0.117. The number of carbonyl (C=O) groups excluding carboxylic acids is 2. The van der Waals surface area contributed by atoms with E-state index in [9.17, 15) is 14.7 Å². The second kappa shape index (κ2) is 8.10. The highest BCUT2D eigenvalue weighted by molar-refractivity contribution is 6.42. The zero-order valence-electron chi connectivity index (χ0n) is 17.4. The van der Waals surface area contributed by atoms with E-state index in [1.165, 1.54) is 4.90 Å². The van der Waals surface area contributed by atoms with Crippen LogP contribution in [0.25, 0.3) is 11.0 Å². The monoisotopic (exact) mass is 477 g/mol. The first-order valence-corrected chi connectivity index (χ1v) is 10.9. The number of fused-ring (bicyclic) bond motifs is 1. The summed E-state index contributed by atoms with van der Waals surface area (Å²) in [6.07, 6.45) is 0. The van der Waals surface area contributed by atoms with Crippen LogP contribution in [0.1, 0.15) is 27.7 Å². The molecule has 5 rings (SSSR count). The number of aliphatic hydroxyl groups is 1. The summed E-state index contributed by atoms with van der Waals surface area (Å²) in [6, 6.07) is 20.0. The Morgan fingerprint density at radius 2 is 1.76 bits per heavy atom. The molecule has 1 atom stereocenters. The molecule has 1 unspecified atom stereocenters. The van der Waals surface area contributed by atoms with Crippen molar-refractivity contribution in [3.63, 3.8) is 0 Å². The Morgan fingerprint density at radius 1 is 0.970 bits per heavy atom. The van der Waals surface area contributed by atoms with E-state index in [0.717, 1.165) is 10.9 Å². The molecule has 4 aromatic rings. The van der Waals surface area contributed by atoms with Crippen LogP contribution >= 0.6 is 23.2 Å². The number of hydrogen-bond acceptors (Lipinski definition) is 4. The molecule has 5 nitrogen and oxygen atoms in total. The number of halogens is 2. The average Bonchev–Trinajstić information content (AvgIpc) is 3.34. The minimum atomic E-state index is -0.922. The van der Waals surface area contributed by atoms with Gasteiger partial charge in [0, 0.05) is 11.1 Å². The fourth-order valence-electron chi connectivity index (χ4n) is 4.11. The fourth-order valence-corrected chi connectivity index (χ4v) is 4.41. The van der Waals surface area contributed by atoms with Gasteiger partial charge in [-0.15, -0.1) is 0 Å². The summed E-state index contributed by atoms with van der Waals surface area (Å²) in [5.41, 5.74) is 2.44. The van der Waals surface area contributed by atoms with E-state index in [2.05, 4.69) is 0 Å². The third kappa shape index (κ3) is 3.59. The van der Waals surface area contributed by atoms with E-state index in [1.54, 1.807) is 48.5 Å². The Labute approximate surface area is 199 Å². The number of carbonyl (C=O) groups is 2. The molecule has 1 aliphatic heterocycles. The quantitative estimate of drug-likeness (QED) is 0.327. The van der Waals surface area contributed by atoms with E-state index < -0.39 is 23.5 Å². The van der Waals surface area contributed by atoms with Crippen molar-refractivity contribution in [1.82, 2.24) is 0 Å². The summed E-state index contributed by atoms with van der Waals surface area (Å²) in [7, 11) is 0. The first-order chi connectivity index (χ1) is 15.8. The summed E-state index contributed by atoms with van der Waals surface area (Å²) in [6.45, 7) is 1.89. The third-order valence-corrected chi connectivity index (χ3v) is 6.38. The summed E-state index contributed by atoms with van der Waals surface area (Å²) in [4.78, 5) is 28.2. The largest absolute Gasteiger partial charge is 0.503 e. The Morgan fingerprint density at radius 3 is 2.48 bits per heavy atom. The average molecular weight is 478 g/mol. The number of anilines is 1. The lowest BCUT2D eigenvalue weighted by Crippen LogP contribution is -2.31. The van der Waals surface area contributed by atoms with Crippen molar-refractivity contribution in [3.05, 3.63) is 111 Å². The molecule has 0 radical (unpaired) electrons. The highest BCUT2D eigenvalue weighted by Gasteiger charge is 2.45. The molecule has 0 bridgehead atoms. The van der Waals surface area contributed by atoms with Gasteiger partial charge in [-0.05, 0) is 54.4 Å². The fraction of sp³-hybridized carbons (Fsp3) is 0.0769. The lowest BCUT2D eigenvalue weighted by atomic mass is 9.94. The molecule has 2 heterocycles. The van der Waals surface area contributed by atoms with E-state index >= 15 is 0 Å². The summed E-state index contributed by atoms with van der Waals surface area (Å²) in [5, 5.41) is 12.2. The molecule has 1 amide bonds. The van der Waals surface area contributed by atoms with Crippen molar-refractivity contribution in [2.75, 3.05) is 4.90 Å². The highest BCUT2D eigenvalue weighted by atomic mass is 35.5. The molecule has 0 aliphatic carbocycles. The van der Waals surface area contributed by atoms with Crippen LogP contribution in [-0.4, -0.2) is 16.8 Å². The van der Waals surface area contributed by atoms with Crippen LogP contribution in [0.2, 0.25) is 10.0 Å². The molecule has 7 heteroatoms. The Hall–Kier alpha value is -3.54. The number of hydrogen-bond donors (Lipinski definition) is 1. The maximum atomic E-state index is 13.6. The molecule has 1 N–H and O–H groups in total. The van der Waals surface area contributed by atoms with Gasteiger partial charge in [0.15, 0.2) is 11.5 Å². The number of ketones is 1. The van der Waals surface area contributed by atoms with Crippen LogP contribution in [0.15, 0.2) is 88.5 Å². The van der Waals surface area contributed by atoms with Crippen molar-refractivity contribution in [3.8, 4) is 0 Å². The van der Waals surface area contributed by atoms with Crippen LogP contribution in [0, 0.1) is 6.92 Å². The second-order valence-electron chi connectivity index (χ2n) is 7.83. The molecule has 164 valence electrons. The number of rotatable bonds is 4. The summed E-state index contributed by atoms with van der Waals surface area (Å²) in [5.74, 6) is -1.86. The number of aryl methyl sites for hydroxylation is 1. The number of Topliss-reactive ketones (excluding diaryl/α,β-unsaturated/α-hetero) is 1. The van der Waals surface area contributed by atoms with Crippen LogP contribution in [-0.2, 0) is 4.79 Å². The summed E-state index contributed by atoms with van der Waals surface area (Å²) >= 11 is 12.4. The summed E-state index contributed by atoms with van der Waals surface area (Å²) < 4.78 is 5.74. The van der Waals surface area contributed by atoms with Gasteiger partial charge in [0.2, 0.25) is 5.78 Å². The van der Waals surface area contributed by atoms with Gasteiger partial charge in [0.05, 0.1) is 21.7 Å². The molecule has 1 aromatic heterocycles. The van der Waals surface area contributed by atoms with Crippen molar-refractivity contribution in [1.29, 1.82) is 0 Å². The maximum Gasteiger partial charge on any atom is 0.294 e. The van der Waals surface area contributed by atoms with Crippen molar-refractivity contribution in [2.45, 2.75) is 13.0 Å². The SMILES string of the molecule is Cc1cccc(N2C(=O)C(O)=C(C(=O)c3cc4ccccc4o3)C2c2ccc(Cl)c(Cl)c2)c1. The zero-order chi connectivity index (χ0) is 23.3. The lowest BCUT2D eigenvalue weighted by Gasteiger charge is -2.27. The van der Waals surface area contributed by atoms with Crippen LogP contribution < -0.4 is 4.90 Å². The van der Waals surface area contributed by atoms with Gasteiger partial charge in [-0.25, -0.2) is 0 Å². The molecule has 0 fully saturated rings. The van der Waals surface area contributed by atoms with E-state index in [0.29, 0.717) is 21.9 Å². The van der Waals surface area contributed by atoms with Crippen LogP contribution in [0.3, 0.4) is 0 Å². The number of amides is 1. The number of aliphatic hydroxyl groups excluding tert-OH is 1. The maximum absolute atomic E-state index is 13.6. The van der Waals surface area contributed by atoms with Gasteiger partial charge in [0.25, 0.3) is 5.91 Å². The van der Waals surface area contributed by atoms with Gasteiger partial charge in [-0.2, -0.15) is 0 Å². The minimum Gasteiger partial charge on any atom is -0.503 e. The Kier molecular flexibility index (Phi) is 5.23. The first kappa shape index (κ1) is 21.3. The number of para-hydroxylation sites is 1. The van der Waals surface area contributed by atoms with E-state index in [4.69, 9.17) is 27.6 Å². The van der Waals surface area contributed by atoms with Crippen LogP contribution in [0.5, 0.6) is 0 Å². The Bertz CT molecular complexity index is 1440. The third-order valence-electron chi connectivity index (χ3n) is 5.64. The molecule has 33 heavy (non-hydrogen) atoms. The minimum absolute atomic E-state index is 0.0294. The molecule has 0 saturated heterocycles.